The van der Waals surface area contributed by atoms with E-state index >= 15 is 0 Å². The monoisotopic (exact) mass is 321 g/mol. The number of rotatable bonds is 2. The number of hydrogen-bond acceptors (Lipinski definition) is 2. The highest BCUT2D eigenvalue weighted by molar-refractivity contribution is 5.89. The first-order valence-corrected chi connectivity index (χ1v) is 9.13. The third-order valence-electron chi connectivity index (χ3n) is 6.68. The van der Waals surface area contributed by atoms with Gasteiger partial charge in [0.25, 0.3) is 0 Å². The Morgan fingerprint density at radius 2 is 1.74 bits per heavy atom. The highest BCUT2D eigenvalue weighted by atomic mass is 16.2. The Morgan fingerprint density at radius 3 is 2.30 bits per heavy atom. The average Bonchev–Trinajstić information content (AvgIpc) is 2.87. The van der Waals surface area contributed by atoms with E-state index in [1.54, 1.807) is 0 Å². The molecule has 3 aliphatic rings. The molecule has 5 heteroatoms. The van der Waals surface area contributed by atoms with Gasteiger partial charge < -0.3 is 15.1 Å². The van der Waals surface area contributed by atoms with E-state index in [1.807, 2.05) is 9.80 Å². The van der Waals surface area contributed by atoms with Crippen LogP contribution in [-0.4, -0.2) is 52.5 Å². The van der Waals surface area contributed by atoms with Crippen LogP contribution in [0.25, 0.3) is 0 Å². The van der Waals surface area contributed by atoms with Crippen LogP contribution >= 0.6 is 0 Å². The number of hydrogen-bond donors (Lipinski definition) is 1. The first-order chi connectivity index (χ1) is 10.7. The molecule has 2 aliphatic heterocycles. The third kappa shape index (κ3) is 2.72. The van der Waals surface area contributed by atoms with Crippen LogP contribution in [0, 0.1) is 5.41 Å². The van der Waals surface area contributed by atoms with Gasteiger partial charge in [0.05, 0.1) is 0 Å². The molecule has 0 aromatic carbocycles. The lowest BCUT2D eigenvalue weighted by atomic mass is 9.65. The smallest absolute Gasteiger partial charge is 0.318 e. The summed E-state index contributed by atoms with van der Waals surface area (Å²) in [5.74, 6) is 0.128. The maximum Gasteiger partial charge on any atom is 0.318 e. The van der Waals surface area contributed by atoms with Gasteiger partial charge >= 0.3 is 6.03 Å². The minimum absolute atomic E-state index is 0.0850. The lowest BCUT2D eigenvalue weighted by Crippen LogP contribution is -2.72. The third-order valence-corrected chi connectivity index (χ3v) is 6.68. The van der Waals surface area contributed by atoms with Crippen LogP contribution in [0.4, 0.5) is 4.79 Å². The fourth-order valence-electron chi connectivity index (χ4n) is 4.20. The van der Waals surface area contributed by atoms with Crippen molar-refractivity contribution in [3.8, 4) is 0 Å². The molecule has 0 bridgehead atoms. The van der Waals surface area contributed by atoms with Gasteiger partial charge in [-0.1, -0.05) is 33.1 Å². The van der Waals surface area contributed by atoms with E-state index in [0.717, 1.165) is 32.4 Å². The second-order valence-electron chi connectivity index (χ2n) is 8.64. The van der Waals surface area contributed by atoms with Crippen LogP contribution in [0.3, 0.4) is 0 Å². The van der Waals surface area contributed by atoms with Gasteiger partial charge in [0.2, 0.25) is 5.91 Å². The average molecular weight is 321 g/mol. The summed E-state index contributed by atoms with van der Waals surface area (Å²) >= 11 is 0. The van der Waals surface area contributed by atoms with Crippen molar-refractivity contribution in [3.63, 3.8) is 0 Å². The quantitative estimate of drug-likeness (QED) is 0.850. The zero-order valence-corrected chi connectivity index (χ0v) is 15.0. The van der Waals surface area contributed by atoms with Crippen LogP contribution in [0.15, 0.2) is 0 Å². The van der Waals surface area contributed by atoms with Crippen molar-refractivity contribution in [1.29, 1.82) is 0 Å². The molecular formula is C18H31N3O2. The molecule has 0 spiro atoms. The van der Waals surface area contributed by atoms with Crippen LogP contribution < -0.4 is 5.32 Å². The zero-order valence-electron chi connectivity index (χ0n) is 15.0. The van der Waals surface area contributed by atoms with Gasteiger partial charge in [0.15, 0.2) is 0 Å². The maximum absolute atomic E-state index is 12.7. The minimum Gasteiger partial charge on any atom is -0.338 e. The molecule has 2 saturated heterocycles. The molecule has 1 aliphatic carbocycles. The van der Waals surface area contributed by atoms with Gasteiger partial charge in [0.1, 0.15) is 6.04 Å². The highest BCUT2D eigenvalue weighted by Crippen LogP contribution is 2.46. The SMILES string of the molecule is CC1(C)CN(C(=O)N[C@H]2CCN(C3CCCCC3)C2=O)C1(C)C. The zero-order chi connectivity index (χ0) is 16.8. The fourth-order valence-corrected chi connectivity index (χ4v) is 4.20. The Morgan fingerprint density at radius 1 is 1.09 bits per heavy atom. The number of urea groups is 1. The van der Waals surface area contributed by atoms with Crippen LogP contribution in [-0.2, 0) is 4.79 Å². The van der Waals surface area contributed by atoms with Crippen molar-refractivity contribution >= 4 is 11.9 Å². The van der Waals surface area contributed by atoms with Crippen molar-refractivity contribution < 1.29 is 9.59 Å². The molecule has 2 heterocycles. The lowest BCUT2D eigenvalue weighted by molar-refractivity contribution is -0.132. The van der Waals surface area contributed by atoms with Crippen molar-refractivity contribution in [1.82, 2.24) is 15.1 Å². The van der Waals surface area contributed by atoms with Gasteiger partial charge in [0, 0.05) is 30.1 Å². The van der Waals surface area contributed by atoms with E-state index in [1.165, 1.54) is 19.3 Å². The Bertz CT molecular complexity index is 494. The molecule has 0 radical (unpaired) electrons. The first-order valence-electron chi connectivity index (χ1n) is 9.13. The largest absolute Gasteiger partial charge is 0.338 e. The summed E-state index contributed by atoms with van der Waals surface area (Å²) in [6.07, 6.45) is 6.74. The number of carbonyl (C=O) groups is 2. The number of nitrogens with zero attached hydrogens (tertiary/aromatic N) is 2. The molecule has 0 aromatic rings. The summed E-state index contributed by atoms with van der Waals surface area (Å²) in [7, 11) is 0. The molecule has 1 N–H and O–H groups in total. The fraction of sp³-hybridized carbons (Fsp3) is 0.889. The second-order valence-corrected chi connectivity index (χ2v) is 8.64. The molecule has 1 saturated carbocycles. The van der Waals surface area contributed by atoms with Crippen molar-refractivity contribution in [2.45, 2.75) is 83.8 Å². The van der Waals surface area contributed by atoms with Crippen molar-refractivity contribution in [2.75, 3.05) is 13.1 Å². The molecule has 3 rings (SSSR count). The van der Waals surface area contributed by atoms with Gasteiger partial charge in [-0.05, 0) is 33.1 Å². The predicted molar refractivity (Wildman–Crippen MR) is 90.1 cm³/mol. The Kier molecular flexibility index (Phi) is 4.09. The summed E-state index contributed by atoms with van der Waals surface area (Å²) in [5.41, 5.74) is -0.0417. The Hall–Kier alpha value is -1.26. The molecule has 5 nitrogen and oxygen atoms in total. The van der Waals surface area contributed by atoms with Gasteiger partial charge in [-0.3, -0.25) is 4.79 Å². The number of nitrogens with one attached hydrogen (secondary N) is 1. The van der Waals surface area contributed by atoms with E-state index in [-0.39, 0.29) is 28.9 Å². The van der Waals surface area contributed by atoms with Crippen molar-refractivity contribution in [3.05, 3.63) is 0 Å². The molecule has 0 aromatic heterocycles. The number of carbonyl (C=O) groups excluding carboxylic acids is 2. The molecular weight excluding hydrogens is 290 g/mol. The van der Waals surface area contributed by atoms with E-state index < -0.39 is 0 Å². The molecule has 3 fully saturated rings. The van der Waals surface area contributed by atoms with Crippen LogP contribution in [0.1, 0.15) is 66.2 Å². The van der Waals surface area contributed by atoms with E-state index in [9.17, 15) is 9.59 Å². The summed E-state index contributed by atoms with van der Waals surface area (Å²) < 4.78 is 0. The summed E-state index contributed by atoms with van der Waals surface area (Å²) in [5, 5.41) is 2.99. The molecule has 1 atom stereocenters. The van der Waals surface area contributed by atoms with Crippen LogP contribution in [0.2, 0.25) is 0 Å². The lowest BCUT2D eigenvalue weighted by Gasteiger charge is -2.61. The second kappa shape index (κ2) is 5.67. The van der Waals surface area contributed by atoms with Crippen molar-refractivity contribution in [2.24, 2.45) is 5.41 Å². The minimum atomic E-state index is -0.330. The Balaban J connectivity index is 1.57. The predicted octanol–water partition coefficient (Wildman–Crippen LogP) is 2.75. The van der Waals surface area contributed by atoms with E-state index in [2.05, 4.69) is 33.0 Å². The summed E-state index contributed by atoms with van der Waals surface area (Å²) in [4.78, 5) is 29.1. The standard InChI is InChI=1S/C18H31N3O2/c1-17(2)12-21(18(17,3)4)16(23)19-14-10-11-20(15(14)22)13-8-6-5-7-9-13/h13-14H,5-12H2,1-4H3,(H,19,23)/t14-/m0/s1. The number of likely N-dealkylation sites (tertiary alicyclic amines) is 2. The van der Waals surface area contributed by atoms with Crippen LogP contribution in [0.5, 0.6) is 0 Å². The normalized spacial score (nSPS) is 30.3. The van der Waals surface area contributed by atoms with E-state index in [4.69, 9.17) is 0 Å². The van der Waals surface area contributed by atoms with Gasteiger partial charge in [-0.25, -0.2) is 4.79 Å². The summed E-state index contributed by atoms with van der Waals surface area (Å²) in [6, 6.07) is -0.0142. The van der Waals surface area contributed by atoms with E-state index in [0.29, 0.717) is 6.04 Å². The molecule has 3 amide bonds. The topological polar surface area (TPSA) is 52.7 Å². The Labute approximate surface area is 139 Å². The highest BCUT2D eigenvalue weighted by Gasteiger charge is 2.55. The molecule has 23 heavy (non-hydrogen) atoms. The molecule has 130 valence electrons. The van der Waals surface area contributed by atoms with Gasteiger partial charge in [-0.15, -0.1) is 0 Å². The molecule has 0 unspecified atom stereocenters. The van der Waals surface area contributed by atoms with Gasteiger partial charge in [-0.2, -0.15) is 0 Å². The first kappa shape index (κ1) is 16.6. The summed E-state index contributed by atoms with van der Waals surface area (Å²) in [6.45, 7) is 10.1. The maximum atomic E-state index is 12.7. The number of amides is 3.